The Kier molecular flexibility index (Phi) is 9.11. The highest BCUT2D eigenvalue weighted by Crippen LogP contribution is 2.30. The summed E-state index contributed by atoms with van der Waals surface area (Å²) in [6.07, 6.45) is 3.30. The third kappa shape index (κ3) is 7.39. The summed E-state index contributed by atoms with van der Waals surface area (Å²) in [7, 11) is 0. The normalized spacial score (nSPS) is 16.1. The molecule has 4 N–H and O–H groups in total. The third-order valence-corrected chi connectivity index (χ3v) is 4.93. The van der Waals surface area contributed by atoms with Gasteiger partial charge in [-0.05, 0) is 56.0 Å². The molecule has 33 heavy (non-hydrogen) atoms. The molecule has 1 aliphatic rings. The third-order valence-electron chi connectivity index (χ3n) is 4.93. The van der Waals surface area contributed by atoms with Gasteiger partial charge < -0.3 is 15.8 Å². The van der Waals surface area contributed by atoms with Gasteiger partial charge in [-0.2, -0.15) is 0 Å². The van der Waals surface area contributed by atoms with Crippen molar-refractivity contribution in [3.05, 3.63) is 53.4 Å². The maximum absolute atomic E-state index is 12.0. The number of nitrogens with one attached hydrogen (secondary N) is 2. The van der Waals surface area contributed by atoms with Crippen molar-refractivity contribution in [2.45, 2.75) is 59.8 Å². The molecule has 178 valence electrons. The van der Waals surface area contributed by atoms with Crippen LogP contribution in [0.15, 0.2) is 57.4 Å². The van der Waals surface area contributed by atoms with Gasteiger partial charge in [0.15, 0.2) is 5.78 Å². The van der Waals surface area contributed by atoms with E-state index in [4.69, 9.17) is 10.5 Å². The number of hydrogen-bond acceptors (Lipinski definition) is 6. The molecule has 1 aliphatic heterocycles. The molecule has 0 spiro atoms. The lowest BCUT2D eigenvalue weighted by atomic mass is 9.82. The predicted molar refractivity (Wildman–Crippen MR) is 136 cm³/mol. The number of Topliss-reactive ketones (excluding diaryl/α,β-unsaturated/α-hetero) is 1. The molecule has 0 fully saturated rings. The number of hydrazone groups is 1. The fourth-order valence-corrected chi connectivity index (χ4v) is 3.29. The van der Waals surface area contributed by atoms with Crippen LogP contribution in [-0.2, 0) is 10.2 Å². The minimum Gasteiger partial charge on any atom is -0.423 e. The summed E-state index contributed by atoms with van der Waals surface area (Å²) >= 11 is 0. The summed E-state index contributed by atoms with van der Waals surface area (Å²) in [5.74, 6) is 1.68. The van der Waals surface area contributed by atoms with Gasteiger partial charge in [0, 0.05) is 18.5 Å². The molecule has 0 unspecified atom stereocenters. The molecule has 2 rings (SSSR count). The topological polar surface area (TPSA) is 113 Å². The quantitative estimate of drug-likeness (QED) is 0.224. The molecule has 1 heterocycles. The van der Waals surface area contributed by atoms with E-state index < -0.39 is 0 Å². The van der Waals surface area contributed by atoms with E-state index in [2.05, 4.69) is 60.1 Å². The lowest BCUT2D eigenvalue weighted by Crippen LogP contribution is -2.21. The Bertz CT molecular complexity index is 1010. The number of nitrogens with zero attached hydrogens (tertiary/aromatic N) is 3. The molecule has 0 aromatic heterocycles. The van der Waals surface area contributed by atoms with E-state index in [1.54, 1.807) is 19.9 Å². The average molecular weight is 453 g/mol. The van der Waals surface area contributed by atoms with Gasteiger partial charge in [-0.1, -0.05) is 40.3 Å². The smallest absolute Gasteiger partial charge is 0.226 e. The van der Waals surface area contributed by atoms with Gasteiger partial charge in [0.1, 0.15) is 11.7 Å². The molecular weight excluding hydrogens is 416 g/mol. The van der Waals surface area contributed by atoms with Crippen molar-refractivity contribution in [2.24, 2.45) is 20.8 Å². The van der Waals surface area contributed by atoms with Crippen LogP contribution < -0.4 is 16.5 Å². The fraction of sp³-hybridized carbons (Fsp3) is 0.440. The van der Waals surface area contributed by atoms with E-state index in [9.17, 15) is 4.79 Å². The molecule has 0 atom stereocenters. The van der Waals surface area contributed by atoms with Crippen LogP contribution >= 0.6 is 0 Å². The Morgan fingerprint density at radius 1 is 1.30 bits per heavy atom. The Morgan fingerprint density at radius 3 is 2.64 bits per heavy atom. The molecule has 0 bridgehead atoms. The molecule has 0 saturated heterocycles. The van der Waals surface area contributed by atoms with Crippen LogP contribution in [0.3, 0.4) is 0 Å². The molecular formula is C25H36N6O2. The number of amidine groups is 2. The van der Waals surface area contributed by atoms with Crippen molar-refractivity contribution in [3.63, 3.8) is 0 Å². The van der Waals surface area contributed by atoms with Gasteiger partial charge in [-0.15, -0.1) is 5.10 Å². The van der Waals surface area contributed by atoms with Gasteiger partial charge in [0.25, 0.3) is 0 Å². The maximum Gasteiger partial charge on any atom is 0.226 e. The monoisotopic (exact) mass is 452 g/mol. The van der Waals surface area contributed by atoms with Crippen LogP contribution in [0.25, 0.3) is 0 Å². The van der Waals surface area contributed by atoms with E-state index in [0.717, 1.165) is 25.1 Å². The van der Waals surface area contributed by atoms with Crippen molar-refractivity contribution in [1.29, 1.82) is 0 Å². The number of ketones is 1. The highest BCUT2D eigenvalue weighted by Gasteiger charge is 2.21. The van der Waals surface area contributed by atoms with Crippen LogP contribution in [0, 0.1) is 0 Å². The van der Waals surface area contributed by atoms with Crippen LogP contribution in [0.4, 0.5) is 5.69 Å². The van der Waals surface area contributed by atoms with Crippen molar-refractivity contribution in [1.82, 2.24) is 10.7 Å². The molecule has 1 aromatic carbocycles. The van der Waals surface area contributed by atoms with E-state index in [0.29, 0.717) is 40.9 Å². The van der Waals surface area contributed by atoms with Crippen LogP contribution in [0.5, 0.6) is 0 Å². The van der Waals surface area contributed by atoms with Crippen LogP contribution in [-0.4, -0.2) is 36.4 Å². The minimum absolute atomic E-state index is 0.0310. The first-order chi connectivity index (χ1) is 15.6. The second kappa shape index (κ2) is 11.6. The number of hydrogen-bond donors (Lipinski definition) is 3. The molecule has 0 aliphatic carbocycles. The zero-order chi connectivity index (χ0) is 24.6. The Morgan fingerprint density at radius 2 is 2.03 bits per heavy atom. The molecule has 0 saturated carbocycles. The van der Waals surface area contributed by atoms with Gasteiger partial charge >= 0.3 is 0 Å². The van der Waals surface area contributed by atoms with Crippen LogP contribution in [0.1, 0.15) is 70.3 Å². The van der Waals surface area contributed by atoms with Gasteiger partial charge in [-0.25, -0.2) is 15.4 Å². The number of rotatable bonds is 9. The van der Waals surface area contributed by atoms with E-state index in [-0.39, 0.29) is 17.0 Å². The number of carbonyl (C=O) groups is 1. The predicted octanol–water partition coefficient (Wildman–Crippen LogP) is 4.31. The lowest BCUT2D eigenvalue weighted by molar-refractivity contribution is 0.101. The Balaban J connectivity index is 2.21. The first-order valence-corrected chi connectivity index (χ1v) is 11.2. The molecule has 8 nitrogen and oxygen atoms in total. The lowest BCUT2D eigenvalue weighted by Gasteiger charge is -2.22. The number of aliphatic imine (C=N–C) groups is 2. The first kappa shape index (κ1) is 26.0. The maximum atomic E-state index is 12.0. The van der Waals surface area contributed by atoms with E-state index >= 15 is 0 Å². The summed E-state index contributed by atoms with van der Waals surface area (Å²) in [5.41, 5.74) is 11.7. The zero-order valence-corrected chi connectivity index (χ0v) is 20.6. The second-order valence-corrected chi connectivity index (χ2v) is 8.86. The SMILES string of the molecule is C=C/C(C(N)=NC(C)=Nc1ccc(C(C)=O)c(C(C)(C)C)c1)=C1/NN=C(CCNCCC)O1. The first-order valence-electron chi connectivity index (χ1n) is 11.2. The molecule has 1 aromatic rings. The fourth-order valence-electron chi connectivity index (χ4n) is 3.29. The Hall–Kier alpha value is -3.26. The molecule has 0 amide bonds. The van der Waals surface area contributed by atoms with Crippen molar-refractivity contribution >= 4 is 29.0 Å². The van der Waals surface area contributed by atoms with Gasteiger partial charge in [-0.3, -0.25) is 4.79 Å². The van der Waals surface area contributed by atoms with Crippen molar-refractivity contribution < 1.29 is 9.53 Å². The number of ether oxygens (including phenoxy) is 1. The standard InChI is InChI=1S/C25H36N6O2/c1-8-13-27-14-12-22-30-31-24(33-22)19(9-2)23(26)29-17(4)28-18-10-11-20(16(3)32)21(15-18)25(5,6)7/h9-11,15,27,31H,2,8,12-14H2,1,3-7H3,(H2,26,28,29)/b24-19+. The molecule has 8 heteroatoms. The highest BCUT2D eigenvalue weighted by atomic mass is 16.5. The summed E-state index contributed by atoms with van der Waals surface area (Å²) in [6.45, 7) is 17.2. The average Bonchev–Trinajstić information content (AvgIpc) is 3.19. The molecule has 0 radical (unpaired) electrons. The van der Waals surface area contributed by atoms with E-state index in [1.165, 1.54) is 0 Å². The van der Waals surface area contributed by atoms with E-state index in [1.807, 2.05) is 18.2 Å². The minimum atomic E-state index is -0.196. The van der Waals surface area contributed by atoms with Crippen molar-refractivity contribution in [3.8, 4) is 0 Å². The highest BCUT2D eigenvalue weighted by molar-refractivity contribution is 6.07. The summed E-state index contributed by atoms with van der Waals surface area (Å²) in [6, 6.07) is 5.54. The van der Waals surface area contributed by atoms with Crippen molar-refractivity contribution in [2.75, 3.05) is 13.1 Å². The number of nitrogens with two attached hydrogens (primary N) is 1. The summed E-state index contributed by atoms with van der Waals surface area (Å²) in [5, 5.41) is 7.51. The Labute approximate surface area is 196 Å². The number of carbonyl (C=O) groups excluding carboxylic acids is 1. The summed E-state index contributed by atoms with van der Waals surface area (Å²) < 4.78 is 5.78. The zero-order valence-electron chi connectivity index (χ0n) is 20.6. The van der Waals surface area contributed by atoms with Gasteiger partial charge in [0.05, 0.1) is 11.3 Å². The van der Waals surface area contributed by atoms with Gasteiger partial charge in [0.2, 0.25) is 11.8 Å². The largest absolute Gasteiger partial charge is 0.423 e. The number of benzene rings is 1. The summed E-state index contributed by atoms with van der Waals surface area (Å²) in [4.78, 5) is 21.0. The second-order valence-electron chi connectivity index (χ2n) is 8.86. The van der Waals surface area contributed by atoms with Crippen LogP contribution in [0.2, 0.25) is 0 Å².